The first-order chi connectivity index (χ1) is 13.2. The highest BCUT2D eigenvalue weighted by Crippen LogP contribution is 2.29. The highest BCUT2D eigenvalue weighted by atomic mass is 35.5. The van der Waals surface area contributed by atoms with Gasteiger partial charge in [0.1, 0.15) is 18.5 Å². The van der Waals surface area contributed by atoms with E-state index in [4.69, 9.17) is 26.3 Å². The molecule has 136 valence electrons. The van der Waals surface area contributed by atoms with Crippen molar-refractivity contribution in [3.8, 4) is 17.6 Å². The second kappa shape index (κ2) is 8.93. The molecule has 0 aliphatic carbocycles. The van der Waals surface area contributed by atoms with Gasteiger partial charge < -0.3 is 14.8 Å². The molecule has 0 aliphatic heterocycles. The van der Waals surface area contributed by atoms with E-state index in [0.29, 0.717) is 35.5 Å². The molecule has 1 aromatic heterocycles. The SMILES string of the molecule is COc1cc(CNc2ccc(Cl)c(C#N)n2)ccc1OCc1ccccc1. The molecule has 0 saturated carbocycles. The van der Waals surface area contributed by atoms with Crippen LogP contribution in [0, 0.1) is 11.3 Å². The number of nitrogens with zero attached hydrogens (tertiary/aromatic N) is 2. The van der Waals surface area contributed by atoms with Gasteiger partial charge in [-0.3, -0.25) is 0 Å². The van der Waals surface area contributed by atoms with Gasteiger partial charge in [-0.1, -0.05) is 48.0 Å². The smallest absolute Gasteiger partial charge is 0.161 e. The summed E-state index contributed by atoms with van der Waals surface area (Å²) in [7, 11) is 1.61. The maximum atomic E-state index is 9.00. The molecule has 0 radical (unpaired) electrons. The van der Waals surface area contributed by atoms with Gasteiger partial charge in [0.05, 0.1) is 12.1 Å². The molecule has 0 bridgehead atoms. The fraction of sp³-hybridized carbons (Fsp3) is 0.143. The predicted octanol–water partition coefficient (Wildman–Crippen LogP) is 4.81. The first kappa shape index (κ1) is 18.6. The molecule has 0 unspecified atom stereocenters. The lowest BCUT2D eigenvalue weighted by Crippen LogP contribution is -2.03. The van der Waals surface area contributed by atoms with Crippen molar-refractivity contribution in [3.05, 3.63) is 82.5 Å². The van der Waals surface area contributed by atoms with Crippen LogP contribution in [-0.4, -0.2) is 12.1 Å². The molecule has 3 aromatic rings. The van der Waals surface area contributed by atoms with Gasteiger partial charge in [0.15, 0.2) is 17.2 Å². The van der Waals surface area contributed by atoms with Crippen molar-refractivity contribution < 1.29 is 9.47 Å². The molecule has 1 N–H and O–H groups in total. The second-order valence-corrected chi connectivity index (χ2v) is 6.16. The van der Waals surface area contributed by atoms with E-state index in [1.54, 1.807) is 19.2 Å². The molecule has 2 aromatic carbocycles. The third kappa shape index (κ3) is 4.90. The molecule has 0 amide bonds. The number of hydrogen-bond acceptors (Lipinski definition) is 5. The number of methoxy groups -OCH3 is 1. The van der Waals surface area contributed by atoms with Crippen LogP contribution in [-0.2, 0) is 13.2 Å². The minimum atomic E-state index is 0.198. The second-order valence-electron chi connectivity index (χ2n) is 5.75. The summed E-state index contributed by atoms with van der Waals surface area (Å²) in [6, 6.07) is 21.1. The molecule has 1 heterocycles. The summed E-state index contributed by atoms with van der Waals surface area (Å²) < 4.78 is 11.3. The van der Waals surface area contributed by atoms with Crippen LogP contribution >= 0.6 is 11.6 Å². The number of halogens is 1. The van der Waals surface area contributed by atoms with Crippen LogP contribution in [0.1, 0.15) is 16.8 Å². The van der Waals surface area contributed by atoms with Gasteiger partial charge in [0.25, 0.3) is 0 Å². The summed E-state index contributed by atoms with van der Waals surface area (Å²) >= 11 is 5.90. The van der Waals surface area contributed by atoms with Gasteiger partial charge in [-0.15, -0.1) is 0 Å². The van der Waals surface area contributed by atoms with Crippen LogP contribution in [0.4, 0.5) is 5.82 Å². The number of anilines is 1. The summed E-state index contributed by atoms with van der Waals surface area (Å²) in [6.07, 6.45) is 0. The number of nitriles is 1. The topological polar surface area (TPSA) is 67.2 Å². The Balaban J connectivity index is 1.66. The van der Waals surface area contributed by atoms with Crippen LogP contribution in [0.15, 0.2) is 60.7 Å². The van der Waals surface area contributed by atoms with Gasteiger partial charge >= 0.3 is 0 Å². The molecule has 0 atom stereocenters. The zero-order chi connectivity index (χ0) is 19.1. The summed E-state index contributed by atoms with van der Waals surface area (Å²) in [5, 5.41) is 12.5. The van der Waals surface area contributed by atoms with E-state index in [-0.39, 0.29) is 5.69 Å². The van der Waals surface area contributed by atoms with Gasteiger partial charge in [-0.05, 0) is 35.4 Å². The molecule has 27 heavy (non-hydrogen) atoms. The van der Waals surface area contributed by atoms with Crippen molar-refractivity contribution >= 4 is 17.4 Å². The average molecular weight is 380 g/mol. The third-order valence-corrected chi connectivity index (χ3v) is 4.20. The van der Waals surface area contributed by atoms with E-state index in [0.717, 1.165) is 11.1 Å². The van der Waals surface area contributed by atoms with Crippen molar-refractivity contribution in [3.63, 3.8) is 0 Å². The van der Waals surface area contributed by atoms with Crippen molar-refractivity contribution in [2.45, 2.75) is 13.2 Å². The Morgan fingerprint density at radius 2 is 1.85 bits per heavy atom. The van der Waals surface area contributed by atoms with Gasteiger partial charge in [0.2, 0.25) is 0 Å². The van der Waals surface area contributed by atoms with Crippen molar-refractivity contribution in [2.24, 2.45) is 0 Å². The molecule has 3 rings (SSSR count). The van der Waals surface area contributed by atoms with Gasteiger partial charge in [-0.2, -0.15) is 5.26 Å². The first-order valence-electron chi connectivity index (χ1n) is 8.34. The van der Waals surface area contributed by atoms with Crippen LogP contribution in [0.25, 0.3) is 0 Å². The van der Waals surface area contributed by atoms with Gasteiger partial charge in [-0.25, -0.2) is 4.98 Å². The zero-order valence-corrected chi connectivity index (χ0v) is 15.5. The molecule has 0 saturated heterocycles. The summed E-state index contributed by atoms with van der Waals surface area (Å²) in [5.74, 6) is 1.92. The predicted molar refractivity (Wildman–Crippen MR) is 105 cm³/mol. The van der Waals surface area contributed by atoms with Crippen LogP contribution < -0.4 is 14.8 Å². The Bertz CT molecular complexity index is 955. The van der Waals surface area contributed by atoms with Crippen molar-refractivity contribution in [2.75, 3.05) is 12.4 Å². The van der Waals surface area contributed by atoms with Gasteiger partial charge in [0, 0.05) is 6.54 Å². The quantitative estimate of drug-likeness (QED) is 0.638. The lowest BCUT2D eigenvalue weighted by Gasteiger charge is -2.13. The molecule has 0 aliphatic rings. The average Bonchev–Trinajstić information content (AvgIpc) is 2.72. The normalized spacial score (nSPS) is 10.1. The fourth-order valence-electron chi connectivity index (χ4n) is 2.49. The Hall–Kier alpha value is -3.23. The van der Waals surface area contributed by atoms with Crippen LogP contribution in [0.2, 0.25) is 5.02 Å². The first-order valence-corrected chi connectivity index (χ1v) is 8.71. The van der Waals surface area contributed by atoms with E-state index < -0.39 is 0 Å². The molecular weight excluding hydrogens is 362 g/mol. The fourth-order valence-corrected chi connectivity index (χ4v) is 2.64. The summed E-state index contributed by atoms with van der Waals surface area (Å²) in [6.45, 7) is 0.995. The number of rotatable bonds is 7. The number of ether oxygens (including phenoxy) is 2. The number of pyridine rings is 1. The maximum absolute atomic E-state index is 9.00. The van der Waals surface area contributed by atoms with Crippen LogP contribution in [0.3, 0.4) is 0 Å². The van der Waals surface area contributed by atoms with Crippen molar-refractivity contribution in [1.29, 1.82) is 5.26 Å². The Morgan fingerprint density at radius 3 is 2.59 bits per heavy atom. The number of benzene rings is 2. The Kier molecular flexibility index (Phi) is 6.14. The van der Waals surface area contributed by atoms with Crippen molar-refractivity contribution in [1.82, 2.24) is 4.98 Å². The van der Waals surface area contributed by atoms with E-state index in [2.05, 4.69) is 10.3 Å². The highest BCUT2D eigenvalue weighted by Gasteiger charge is 2.08. The van der Waals surface area contributed by atoms with E-state index in [1.807, 2.05) is 54.6 Å². The van der Waals surface area contributed by atoms with E-state index in [1.165, 1.54) is 0 Å². The lowest BCUT2D eigenvalue weighted by atomic mass is 10.2. The summed E-state index contributed by atoms with van der Waals surface area (Å²) in [5.41, 5.74) is 2.28. The van der Waals surface area contributed by atoms with E-state index >= 15 is 0 Å². The van der Waals surface area contributed by atoms with Crippen LogP contribution in [0.5, 0.6) is 11.5 Å². The minimum absolute atomic E-state index is 0.198. The maximum Gasteiger partial charge on any atom is 0.161 e. The standard InChI is InChI=1S/C21H18ClN3O2/c1-26-20-11-16(13-24-21-10-8-17(22)18(12-23)25-21)7-9-19(20)27-14-15-5-3-2-4-6-15/h2-11H,13-14H2,1H3,(H,24,25). The highest BCUT2D eigenvalue weighted by molar-refractivity contribution is 6.31. The third-order valence-electron chi connectivity index (χ3n) is 3.89. The minimum Gasteiger partial charge on any atom is -0.493 e. The summed E-state index contributed by atoms with van der Waals surface area (Å²) in [4.78, 5) is 4.17. The molecule has 6 heteroatoms. The molecular formula is C21H18ClN3O2. The molecule has 5 nitrogen and oxygen atoms in total. The number of aromatic nitrogens is 1. The zero-order valence-electron chi connectivity index (χ0n) is 14.8. The van der Waals surface area contributed by atoms with E-state index in [9.17, 15) is 0 Å². The Labute approximate surface area is 163 Å². The number of hydrogen-bond donors (Lipinski definition) is 1. The lowest BCUT2D eigenvalue weighted by molar-refractivity contribution is 0.284. The molecule has 0 fully saturated rings. The Morgan fingerprint density at radius 1 is 1.04 bits per heavy atom. The largest absolute Gasteiger partial charge is 0.493 e. The monoisotopic (exact) mass is 379 g/mol. The number of nitrogens with one attached hydrogen (secondary N) is 1. The molecule has 0 spiro atoms.